The molecule has 162 valence electrons. The minimum atomic E-state index is 0.287. The van der Waals surface area contributed by atoms with Crippen LogP contribution in [0.1, 0.15) is 44.6 Å². The van der Waals surface area contributed by atoms with Gasteiger partial charge in [-0.05, 0) is 51.2 Å². The second-order valence-electron chi connectivity index (χ2n) is 7.63. The zero-order valence-corrected chi connectivity index (χ0v) is 18.4. The number of aliphatic imine (C=N–C) groups is 1. The third-order valence-electron chi connectivity index (χ3n) is 5.52. The summed E-state index contributed by atoms with van der Waals surface area (Å²) in [5, 5.41) is 4.09. The quantitative estimate of drug-likeness (QED) is 0.533. The van der Waals surface area contributed by atoms with Crippen LogP contribution in [-0.2, 0) is 16.0 Å². The normalized spacial score (nSPS) is 21.3. The second-order valence-corrected chi connectivity index (χ2v) is 8.07. The van der Waals surface area contributed by atoms with Gasteiger partial charge in [0.15, 0.2) is 5.96 Å². The van der Waals surface area contributed by atoms with Crippen LogP contribution in [0.15, 0.2) is 23.2 Å². The van der Waals surface area contributed by atoms with Crippen LogP contribution in [0.2, 0.25) is 5.02 Å². The highest BCUT2D eigenvalue weighted by Gasteiger charge is 2.23. The maximum atomic E-state index is 6.14. The van der Waals surface area contributed by atoms with Crippen LogP contribution >= 0.6 is 11.6 Å². The molecule has 2 heterocycles. The van der Waals surface area contributed by atoms with Gasteiger partial charge in [-0.25, -0.2) is 4.99 Å². The molecule has 0 aliphatic carbocycles. The Morgan fingerprint density at radius 1 is 1.28 bits per heavy atom. The highest BCUT2D eigenvalue weighted by Crippen LogP contribution is 2.24. The molecule has 0 amide bonds. The maximum absolute atomic E-state index is 6.14. The number of hydrogen-bond acceptors (Lipinski definition) is 4. The van der Waals surface area contributed by atoms with Gasteiger partial charge in [-0.1, -0.05) is 17.7 Å². The van der Waals surface area contributed by atoms with Gasteiger partial charge in [0, 0.05) is 36.8 Å². The number of likely N-dealkylation sites (tertiary alicyclic amines) is 1. The Balaban J connectivity index is 1.51. The Bertz CT molecular complexity index is 657. The molecule has 2 aliphatic rings. The predicted molar refractivity (Wildman–Crippen MR) is 117 cm³/mol. The summed E-state index contributed by atoms with van der Waals surface area (Å²) in [6.07, 6.45) is 6.20. The highest BCUT2D eigenvalue weighted by molar-refractivity contribution is 6.30. The van der Waals surface area contributed by atoms with Crippen molar-refractivity contribution in [3.8, 4) is 5.75 Å². The Morgan fingerprint density at radius 2 is 2.10 bits per heavy atom. The second kappa shape index (κ2) is 11.6. The summed E-state index contributed by atoms with van der Waals surface area (Å²) in [6.45, 7) is 6.99. The number of ether oxygens (including phenoxy) is 3. The molecule has 2 fully saturated rings. The van der Waals surface area contributed by atoms with E-state index in [0.717, 1.165) is 69.4 Å². The van der Waals surface area contributed by atoms with Crippen molar-refractivity contribution >= 4 is 17.6 Å². The van der Waals surface area contributed by atoms with E-state index in [2.05, 4.69) is 17.1 Å². The van der Waals surface area contributed by atoms with E-state index in [4.69, 9.17) is 30.8 Å². The van der Waals surface area contributed by atoms with Gasteiger partial charge in [0.05, 0.1) is 32.5 Å². The number of nitrogens with one attached hydrogen (secondary N) is 1. The van der Waals surface area contributed by atoms with Crippen LogP contribution in [0.4, 0.5) is 0 Å². The van der Waals surface area contributed by atoms with E-state index in [1.165, 1.54) is 12.8 Å². The smallest absolute Gasteiger partial charge is 0.194 e. The van der Waals surface area contributed by atoms with Crippen LogP contribution in [0.5, 0.6) is 5.75 Å². The zero-order chi connectivity index (χ0) is 20.5. The van der Waals surface area contributed by atoms with E-state index in [0.29, 0.717) is 17.7 Å². The van der Waals surface area contributed by atoms with Crippen LogP contribution in [0.3, 0.4) is 0 Å². The predicted octanol–water partition coefficient (Wildman–Crippen LogP) is 3.86. The van der Waals surface area contributed by atoms with Crippen molar-refractivity contribution in [2.75, 3.05) is 40.0 Å². The molecule has 1 aromatic rings. The molecule has 0 aromatic heterocycles. The maximum Gasteiger partial charge on any atom is 0.194 e. The molecule has 1 atom stereocenters. The third kappa shape index (κ3) is 6.76. The highest BCUT2D eigenvalue weighted by atomic mass is 35.5. The number of benzene rings is 1. The van der Waals surface area contributed by atoms with E-state index in [9.17, 15) is 0 Å². The van der Waals surface area contributed by atoms with E-state index in [1.54, 1.807) is 7.11 Å². The van der Waals surface area contributed by atoms with Gasteiger partial charge in [-0.3, -0.25) is 0 Å². The third-order valence-corrected chi connectivity index (χ3v) is 5.75. The van der Waals surface area contributed by atoms with Crippen molar-refractivity contribution in [3.63, 3.8) is 0 Å². The summed E-state index contributed by atoms with van der Waals surface area (Å²) in [5.41, 5.74) is 1.03. The molecule has 0 saturated carbocycles. The average Bonchev–Trinajstić information content (AvgIpc) is 2.77. The Labute approximate surface area is 179 Å². The molecule has 0 bridgehead atoms. The van der Waals surface area contributed by atoms with E-state index in [-0.39, 0.29) is 6.10 Å². The number of methoxy groups -OCH3 is 1. The SMILES string of the molecule is CCNC(=NCc1ccc(Cl)cc1OC)N1CCC(OCC2CCCCO2)CC1. The van der Waals surface area contributed by atoms with Crippen LogP contribution in [0.25, 0.3) is 0 Å². The Kier molecular flexibility index (Phi) is 8.90. The largest absolute Gasteiger partial charge is 0.496 e. The van der Waals surface area contributed by atoms with Crippen LogP contribution < -0.4 is 10.1 Å². The van der Waals surface area contributed by atoms with Crippen molar-refractivity contribution in [2.24, 2.45) is 4.99 Å². The van der Waals surface area contributed by atoms with Gasteiger partial charge in [-0.2, -0.15) is 0 Å². The first kappa shape index (κ1) is 22.2. The lowest BCUT2D eigenvalue weighted by molar-refractivity contribution is -0.0721. The number of piperidine rings is 1. The van der Waals surface area contributed by atoms with Gasteiger partial charge in [-0.15, -0.1) is 0 Å². The molecule has 1 N–H and O–H groups in total. The minimum absolute atomic E-state index is 0.287. The standard InChI is InChI=1S/C22H34ClN3O3/c1-3-24-22(25-15-17-7-8-18(23)14-21(17)27-2)26-11-9-19(10-12-26)29-16-20-6-4-5-13-28-20/h7-8,14,19-20H,3-6,9-13,15-16H2,1-2H3,(H,24,25). The zero-order valence-electron chi connectivity index (χ0n) is 17.7. The van der Waals surface area contributed by atoms with Crippen molar-refractivity contribution in [3.05, 3.63) is 28.8 Å². The summed E-state index contributed by atoms with van der Waals surface area (Å²) in [5.74, 6) is 1.72. The molecule has 1 aromatic carbocycles. The first-order valence-corrected chi connectivity index (χ1v) is 11.2. The topological polar surface area (TPSA) is 55.3 Å². The van der Waals surface area contributed by atoms with Crippen molar-refractivity contribution in [1.29, 1.82) is 0 Å². The average molecular weight is 424 g/mol. The summed E-state index contributed by atoms with van der Waals surface area (Å²) in [4.78, 5) is 7.16. The molecule has 3 rings (SSSR count). The molecule has 6 nitrogen and oxygen atoms in total. The minimum Gasteiger partial charge on any atom is -0.496 e. The molecular weight excluding hydrogens is 390 g/mol. The number of hydrogen-bond donors (Lipinski definition) is 1. The summed E-state index contributed by atoms with van der Waals surface area (Å²) >= 11 is 6.06. The molecular formula is C22H34ClN3O3. The first-order valence-electron chi connectivity index (χ1n) is 10.8. The van der Waals surface area contributed by atoms with Crippen molar-refractivity contribution in [2.45, 2.75) is 57.8 Å². The summed E-state index contributed by atoms with van der Waals surface area (Å²) < 4.78 is 17.4. The summed E-state index contributed by atoms with van der Waals surface area (Å²) in [7, 11) is 1.66. The van der Waals surface area contributed by atoms with Crippen molar-refractivity contribution in [1.82, 2.24) is 10.2 Å². The Morgan fingerprint density at radius 3 is 2.79 bits per heavy atom. The number of rotatable bonds is 7. The molecule has 1 unspecified atom stereocenters. The molecule has 29 heavy (non-hydrogen) atoms. The molecule has 2 saturated heterocycles. The van der Waals surface area contributed by atoms with Gasteiger partial charge in [0.2, 0.25) is 0 Å². The van der Waals surface area contributed by atoms with E-state index in [1.807, 2.05) is 18.2 Å². The molecule has 2 aliphatic heterocycles. The molecule has 0 spiro atoms. The molecule has 7 heteroatoms. The molecule has 0 radical (unpaired) electrons. The van der Waals surface area contributed by atoms with Gasteiger partial charge < -0.3 is 24.4 Å². The Hall–Kier alpha value is -1.50. The van der Waals surface area contributed by atoms with Gasteiger partial charge >= 0.3 is 0 Å². The monoisotopic (exact) mass is 423 g/mol. The van der Waals surface area contributed by atoms with E-state index >= 15 is 0 Å². The fraction of sp³-hybridized carbons (Fsp3) is 0.682. The lowest BCUT2D eigenvalue weighted by atomic mass is 10.1. The summed E-state index contributed by atoms with van der Waals surface area (Å²) in [6, 6.07) is 5.68. The van der Waals surface area contributed by atoms with Crippen LogP contribution in [0, 0.1) is 0 Å². The van der Waals surface area contributed by atoms with Gasteiger partial charge in [0.1, 0.15) is 5.75 Å². The fourth-order valence-electron chi connectivity index (χ4n) is 3.85. The van der Waals surface area contributed by atoms with Gasteiger partial charge in [0.25, 0.3) is 0 Å². The lowest BCUT2D eigenvalue weighted by Crippen LogP contribution is -2.47. The van der Waals surface area contributed by atoms with E-state index < -0.39 is 0 Å². The van der Waals surface area contributed by atoms with Crippen molar-refractivity contribution < 1.29 is 14.2 Å². The number of guanidine groups is 1. The first-order chi connectivity index (χ1) is 14.2. The van der Waals surface area contributed by atoms with Crippen LogP contribution in [-0.4, -0.2) is 63.0 Å². The lowest BCUT2D eigenvalue weighted by Gasteiger charge is -2.35. The fourth-order valence-corrected chi connectivity index (χ4v) is 4.01. The number of halogens is 1. The number of nitrogens with zero attached hydrogens (tertiary/aromatic N) is 2.